The van der Waals surface area contributed by atoms with E-state index in [1.807, 2.05) is 43.3 Å². The fourth-order valence-electron chi connectivity index (χ4n) is 3.10. The van der Waals surface area contributed by atoms with Crippen LogP contribution in [0.4, 0.5) is 0 Å². The first-order chi connectivity index (χ1) is 12.7. The van der Waals surface area contributed by atoms with Crippen molar-refractivity contribution in [2.45, 2.75) is 39.7 Å². The Balaban J connectivity index is 2.15. The lowest BCUT2D eigenvalue weighted by Crippen LogP contribution is -2.10. The van der Waals surface area contributed by atoms with Gasteiger partial charge in [0, 0.05) is 11.4 Å². The van der Waals surface area contributed by atoms with Crippen LogP contribution in [0.5, 0.6) is 0 Å². The molecule has 0 fully saturated rings. The molecular weight excluding hydrogens is 348 g/mol. The van der Waals surface area contributed by atoms with E-state index in [1.165, 1.54) is 0 Å². The number of aryl methyl sites for hydroxylation is 1. The van der Waals surface area contributed by atoms with Gasteiger partial charge < -0.3 is 9.30 Å². The molecule has 1 aromatic heterocycles. The van der Waals surface area contributed by atoms with E-state index < -0.39 is 0 Å². The van der Waals surface area contributed by atoms with Gasteiger partial charge in [-0.05, 0) is 37.1 Å². The lowest BCUT2D eigenvalue weighted by atomic mass is 10.1. The summed E-state index contributed by atoms with van der Waals surface area (Å²) in [6, 6.07) is 13.4. The molecule has 0 atom stereocenters. The van der Waals surface area contributed by atoms with Gasteiger partial charge in [-0.3, -0.25) is 0 Å². The molecule has 2 aromatic carbocycles. The zero-order chi connectivity index (χ0) is 18.5. The van der Waals surface area contributed by atoms with Gasteiger partial charge in [0.25, 0.3) is 0 Å². The lowest BCUT2D eigenvalue weighted by Gasteiger charge is -2.12. The highest BCUT2D eigenvalue weighted by atomic mass is 35.5. The van der Waals surface area contributed by atoms with Gasteiger partial charge in [0.15, 0.2) is 0 Å². The number of para-hydroxylation sites is 1. The van der Waals surface area contributed by atoms with Gasteiger partial charge in [-0.25, -0.2) is 9.78 Å². The Kier molecular flexibility index (Phi) is 5.94. The number of nitrogens with zero attached hydrogens (tertiary/aromatic N) is 2. The Hall–Kier alpha value is -2.33. The van der Waals surface area contributed by atoms with Gasteiger partial charge in [-0.2, -0.15) is 0 Å². The monoisotopic (exact) mass is 370 g/mol. The van der Waals surface area contributed by atoms with E-state index in [2.05, 4.69) is 11.5 Å². The molecule has 0 aliphatic rings. The Morgan fingerprint density at radius 2 is 1.96 bits per heavy atom. The highest BCUT2D eigenvalue weighted by molar-refractivity contribution is 6.31. The van der Waals surface area contributed by atoms with Crippen molar-refractivity contribution >= 4 is 28.6 Å². The van der Waals surface area contributed by atoms with E-state index >= 15 is 0 Å². The van der Waals surface area contributed by atoms with Gasteiger partial charge in [0.2, 0.25) is 0 Å². The number of benzene rings is 2. The maximum atomic E-state index is 12.5. The molecule has 3 rings (SSSR count). The molecule has 0 N–H and O–H groups in total. The molecule has 4 nitrogen and oxygen atoms in total. The number of hydrogen-bond acceptors (Lipinski definition) is 3. The van der Waals surface area contributed by atoms with Crippen LogP contribution in [0.15, 0.2) is 42.5 Å². The number of unbranched alkanes of at least 4 members (excludes halogenated alkanes) is 1. The average Bonchev–Trinajstić information content (AvgIpc) is 2.99. The van der Waals surface area contributed by atoms with E-state index in [4.69, 9.17) is 21.3 Å². The number of halogens is 1. The van der Waals surface area contributed by atoms with E-state index in [1.54, 1.807) is 6.07 Å². The summed E-state index contributed by atoms with van der Waals surface area (Å²) in [5, 5.41) is 0.712. The van der Waals surface area contributed by atoms with Crippen LogP contribution in [0.25, 0.3) is 11.0 Å². The molecule has 0 radical (unpaired) electrons. The molecule has 1 heterocycles. The Bertz CT molecular complexity index is 918. The van der Waals surface area contributed by atoms with E-state index in [-0.39, 0.29) is 5.97 Å². The minimum atomic E-state index is -0.319. The summed E-state index contributed by atoms with van der Waals surface area (Å²) in [5.41, 5.74) is 3.18. The molecule has 0 spiro atoms. The predicted molar refractivity (Wildman–Crippen MR) is 105 cm³/mol. The molecule has 0 saturated carbocycles. The van der Waals surface area contributed by atoms with E-state index in [0.29, 0.717) is 23.7 Å². The summed E-state index contributed by atoms with van der Waals surface area (Å²) >= 11 is 6.38. The summed E-state index contributed by atoms with van der Waals surface area (Å²) in [6.45, 7) is 4.89. The number of hydrogen-bond donors (Lipinski definition) is 0. The number of fused-ring (bicyclic) bond motifs is 1. The molecule has 3 aromatic rings. The van der Waals surface area contributed by atoms with Crippen LogP contribution in [0, 0.1) is 0 Å². The standard InChI is InChI=1S/C21H23ClN2O2/c1-3-5-13-19-23-18-12-8-10-16(21(25)26-4-2)20(18)24(19)14-15-9-6-7-11-17(15)22/h6-12H,3-5,13-14H2,1-2H3. The molecule has 0 aliphatic heterocycles. The summed E-state index contributed by atoms with van der Waals surface area (Å²) in [5.74, 6) is 0.652. The topological polar surface area (TPSA) is 44.1 Å². The van der Waals surface area contributed by atoms with E-state index in [9.17, 15) is 4.79 Å². The first kappa shape index (κ1) is 18.5. The van der Waals surface area contributed by atoms with Crippen molar-refractivity contribution in [1.82, 2.24) is 9.55 Å². The predicted octanol–water partition coefficient (Wildman–Crippen LogP) is 5.26. The van der Waals surface area contributed by atoms with Crippen molar-refractivity contribution in [1.29, 1.82) is 0 Å². The maximum absolute atomic E-state index is 12.5. The maximum Gasteiger partial charge on any atom is 0.340 e. The van der Waals surface area contributed by atoms with Crippen molar-refractivity contribution in [3.63, 3.8) is 0 Å². The van der Waals surface area contributed by atoms with Crippen LogP contribution < -0.4 is 0 Å². The molecule has 0 saturated heterocycles. The zero-order valence-electron chi connectivity index (χ0n) is 15.2. The fourth-order valence-corrected chi connectivity index (χ4v) is 3.30. The lowest BCUT2D eigenvalue weighted by molar-refractivity contribution is 0.0528. The zero-order valence-corrected chi connectivity index (χ0v) is 15.9. The first-order valence-corrected chi connectivity index (χ1v) is 9.42. The summed E-state index contributed by atoms with van der Waals surface area (Å²) in [4.78, 5) is 17.3. The van der Waals surface area contributed by atoms with Crippen molar-refractivity contribution < 1.29 is 9.53 Å². The quantitative estimate of drug-likeness (QED) is 0.533. The van der Waals surface area contributed by atoms with Gasteiger partial charge >= 0.3 is 5.97 Å². The Morgan fingerprint density at radius 3 is 2.69 bits per heavy atom. The Morgan fingerprint density at radius 1 is 1.15 bits per heavy atom. The van der Waals surface area contributed by atoms with Crippen LogP contribution in [-0.2, 0) is 17.7 Å². The van der Waals surface area contributed by atoms with Crippen molar-refractivity contribution in [3.05, 3.63) is 64.4 Å². The van der Waals surface area contributed by atoms with Gasteiger partial charge in [0.05, 0.1) is 29.7 Å². The second-order valence-electron chi connectivity index (χ2n) is 6.20. The SMILES string of the molecule is CCCCc1nc2cccc(C(=O)OCC)c2n1Cc1ccccc1Cl. The van der Waals surface area contributed by atoms with Gasteiger partial charge in [-0.1, -0.05) is 49.2 Å². The van der Waals surface area contributed by atoms with Gasteiger partial charge in [-0.15, -0.1) is 0 Å². The number of ether oxygens (including phenoxy) is 1. The Labute approximate surface area is 158 Å². The van der Waals surface area contributed by atoms with Crippen LogP contribution in [0.3, 0.4) is 0 Å². The van der Waals surface area contributed by atoms with Crippen LogP contribution in [0.2, 0.25) is 5.02 Å². The number of aromatic nitrogens is 2. The molecule has 5 heteroatoms. The van der Waals surface area contributed by atoms with Crippen molar-refractivity contribution in [3.8, 4) is 0 Å². The smallest absolute Gasteiger partial charge is 0.340 e. The molecular formula is C21H23ClN2O2. The average molecular weight is 371 g/mol. The number of carbonyl (C=O) groups excluding carboxylic acids is 1. The molecule has 0 amide bonds. The minimum absolute atomic E-state index is 0.319. The summed E-state index contributed by atoms with van der Waals surface area (Å²) in [7, 11) is 0. The number of rotatable bonds is 7. The summed E-state index contributed by atoms with van der Waals surface area (Å²) in [6.07, 6.45) is 2.98. The fraction of sp³-hybridized carbons (Fsp3) is 0.333. The van der Waals surface area contributed by atoms with Gasteiger partial charge in [0.1, 0.15) is 5.82 Å². The van der Waals surface area contributed by atoms with Crippen LogP contribution >= 0.6 is 11.6 Å². The van der Waals surface area contributed by atoms with E-state index in [0.717, 1.165) is 41.7 Å². The first-order valence-electron chi connectivity index (χ1n) is 9.04. The minimum Gasteiger partial charge on any atom is -0.462 e. The summed E-state index contributed by atoms with van der Waals surface area (Å²) < 4.78 is 7.36. The number of imidazole rings is 1. The second kappa shape index (κ2) is 8.37. The van der Waals surface area contributed by atoms with Crippen molar-refractivity contribution in [2.75, 3.05) is 6.61 Å². The van der Waals surface area contributed by atoms with Crippen LogP contribution in [0.1, 0.15) is 48.4 Å². The molecule has 0 bridgehead atoms. The number of esters is 1. The largest absolute Gasteiger partial charge is 0.462 e. The molecule has 136 valence electrons. The number of carbonyl (C=O) groups is 1. The molecule has 0 aliphatic carbocycles. The molecule has 0 unspecified atom stereocenters. The highest BCUT2D eigenvalue weighted by Crippen LogP contribution is 2.26. The third-order valence-electron chi connectivity index (χ3n) is 4.38. The van der Waals surface area contributed by atoms with Crippen molar-refractivity contribution in [2.24, 2.45) is 0 Å². The highest BCUT2D eigenvalue weighted by Gasteiger charge is 2.19. The molecule has 26 heavy (non-hydrogen) atoms. The second-order valence-corrected chi connectivity index (χ2v) is 6.61. The van der Waals surface area contributed by atoms with Crippen LogP contribution in [-0.4, -0.2) is 22.1 Å². The third-order valence-corrected chi connectivity index (χ3v) is 4.75. The normalized spacial score (nSPS) is 11.0. The third kappa shape index (κ3) is 3.75.